The lowest BCUT2D eigenvalue weighted by atomic mass is 10.2. The zero-order chi connectivity index (χ0) is 12.4. The van der Waals surface area contributed by atoms with E-state index in [2.05, 4.69) is 38.5 Å². The highest BCUT2D eigenvalue weighted by molar-refractivity contribution is 14.1. The summed E-state index contributed by atoms with van der Waals surface area (Å²) in [5.41, 5.74) is 0.742. The molecule has 1 aliphatic heterocycles. The molecule has 17 heavy (non-hydrogen) atoms. The summed E-state index contributed by atoms with van der Waals surface area (Å²) >= 11 is 5.65. The van der Waals surface area contributed by atoms with Crippen LogP contribution in [0.4, 0.5) is 0 Å². The second kappa shape index (κ2) is 5.67. The largest absolute Gasteiger partial charge is 0.375 e. The van der Waals surface area contributed by atoms with Crippen molar-refractivity contribution in [3.8, 4) is 0 Å². The lowest BCUT2D eigenvalue weighted by Crippen LogP contribution is -2.44. The zero-order valence-electron chi connectivity index (χ0n) is 9.45. The Balaban J connectivity index is 2.15. The maximum Gasteiger partial charge on any atom is 0.254 e. The van der Waals surface area contributed by atoms with Crippen molar-refractivity contribution in [3.05, 3.63) is 31.8 Å². The van der Waals surface area contributed by atoms with Crippen molar-refractivity contribution in [1.29, 1.82) is 0 Å². The molecular formula is C12H13BrINO2. The minimum absolute atomic E-state index is 0.0885. The van der Waals surface area contributed by atoms with E-state index in [1.165, 1.54) is 0 Å². The summed E-state index contributed by atoms with van der Waals surface area (Å²) in [6.07, 6.45) is 0.127. The Labute approximate surface area is 123 Å². The van der Waals surface area contributed by atoms with Gasteiger partial charge in [-0.3, -0.25) is 4.79 Å². The molecule has 1 fully saturated rings. The van der Waals surface area contributed by atoms with E-state index < -0.39 is 0 Å². The maximum atomic E-state index is 12.3. The number of ether oxygens (including phenoxy) is 1. The third-order valence-electron chi connectivity index (χ3n) is 2.69. The van der Waals surface area contributed by atoms with Crippen molar-refractivity contribution in [1.82, 2.24) is 4.90 Å². The van der Waals surface area contributed by atoms with Gasteiger partial charge in [-0.25, -0.2) is 0 Å². The van der Waals surface area contributed by atoms with Gasteiger partial charge in [0, 0.05) is 26.7 Å². The average molecular weight is 410 g/mol. The van der Waals surface area contributed by atoms with Crippen molar-refractivity contribution in [2.45, 2.75) is 13.0 Å². The highest BCUT2D eigenvalue weighted by Crippen LogP contribution is 2.21. The van der Waals surface area contributed by atoms with Gasteiger partial charge in [-0.15, -0.1) is 0 Å². The molecule has 1 heterocycles. The number of hydrogen-bond acceptors (Lipinski definition) is 2. The Hall–Kier alpha value is -0.140. The van der Waals surface area contributed by atoms with Gasteiger partial charge in [-0.1, -0.05) is 0 Å². The predicted molar refractivity (Wildman–Crippen MR) is 78.2 cm³/mol. The van der Waals surface area contributed by atoms with Crippen LogP contribution in [0, 0.1) is 3.57 Å². The fourth-order valence-electron chi connectivity index (χ4n) is 1.81. The van der Waals surface area contributed by atoms with Gasteiger partial charge in [-0.05, 0) is 63.6 Å². The number of benzene rings is 1. The molecule has 0 spiro atoms. The smallest absolute Gasteiger partial charge is 0.254 e. The summed E-state index contributed by atoms with van der Waals surface area (Å²) in [5, 5.41) is 0. The fraction of sp³-hybridized carbons (Fsp3) is 0.417. The summed E-state index contributed by atoms with van der Waals surface area (Å²) in [6.45, 7) is 3.96. The van der Waals surface area contributed by atoms with Crippen molar-refractivity contribution >= 4 is 44.4 Å². The number of amides is 1. The molecule has 1 aromatic rings. The number of nitrogens with zero attached hydrogens (tertiary/aromatic N) is 1. The van der Waals surface area contributed by atoms with Gasteiger partial charge in [0.15, 0.2) is 0 Å². The standard InChI is InChI=1S/C12H13BrINO2/c1-8-7-15(4-5-17-8)12(16)9-2-3-10(13)11(14)6-9/h2-3,6,8H,4-5,7H2,1H3/t8-/m0/s1. The van der Waals surface area contributed by atoms with E-state index in [0.717, 1.165) is 13.6 Å². The first-order chi connectivity index (χ1) is 8.08. The van der Waals surface area contributed by atoms with E-state index in [4.69, 9.17) is 4.74 Å². The number of hydrogen-bond donors (Lipinski definition) is 0. The van der Waals surface area contributed by atoms with Crippen LogP contribution >= 0.6 is 38.5 Å². The summed E-state index contributed by atoms with van der Waals surface area (Å²) < 4.78 is 7.50. The van der Waals surface area contributed by atoms with Crippen LogP contribution in [0.1, 0.15) is 17.3 Å². The second-order valence-corrected chi connectivity index (χ2v) is 6.08. The number of morpholine rings is 1. The van der Waals surface area contributed by atoms with Crippen LogP contribution in [-0.2, 0) is 4.74 Å². The molecule has 3 nitrogen and oxygen atoms in total. The van der Waals surface area contributed by atoms with Crippen molar-refractivity contribution in [2.75, 3.05) is 19.7 Å². The summed E-state index contributed by atoms with van der Waals surface area (Å²) in [5.74, 6) is 0.0885. The van der Waals surface area contributed by atoms with E-state index in [-0.39, 0.29) is 12.0 Å². The van der Waals surface area contributed by atoms with Crippen LogP contribution in [-0.4, -0.2) is 36.6 Å². The van der Waals surface area contributed by atoms with Gasteiger partial charge in [0.2, 0.25) is 0 Å². The third-order valence-corrected chi connectivity index (χ3v) is 5.02. The van der Waals surface area contributed by atoms with Crippen molar-refractivity contribution in [2.24, 2.45) is 0 Å². The van der Waals surface area contributed by atoms with Crippen LogP contribution in [0.5, 0.6) is 0 Å². The number of carbonyl (C=O) groups excluding carboxylic acids is 1. The average Bonchev–Trinajstić information content (AvgIpc) is 2.32. The van der Waals surface area contributed by atoms with Gasteiger partial charge in [0.05, 0.1) is 12.7 Å². The van der Waals surface area contributed by atoms with Crippen molar-refractivity contribution < 1.29 is 9.53 Å². The lowest BCUT2D eigenvalue weighted by Gasteiger charge is -2.31. The molecule has 0 unspecified atom stereocenters. The highest BCUT2D eigenvalue weighted by Gasteiger charge is 2.22. The van der Waals surface area contributed by atoms with Crippen LogP contribution < -0.4 is 0 Å². The fourth-order valence-corrected chi connectivity index (χ4v) is 2.58. The molecule has 92 valence electrons. The molecule has 1 aromatic carbocycles. The predicted octanol–water partition coefficient (Wildman–Crippen LogP) is 2.91. The molecule has 2 rings (SSSR count). The van der Waals surface area contributed by atoms with Crippen molar-refractivity contribution in [3.63, 3.8) is 0 Å². The van der Waals surface area contributed by atoms with Gasteiger partial charge in [0.1, 0.15) is 0 Å². The van der Waals surface area contributed by atoms with Crippen LogP contribution in [0.2, 0.25) is 0 Å². The van der Waals surface area contributed by atoms with Gasteiger partial charge < -0.3 is 9.64 Å². The Kier molecular flexibility index (Phi) is 4.43. The quantitative estimate of drug-likeness (QED) is 0.667. The topological polar surface area (TPSA) is 29.5 Å². The monoisotopic (exact) mass is 409 g/mol. The molecule has 0 radical (unpaired) electrons. The number of rotatable bonds is 1. The Morgan fingerprint density at radius 3 is 3.00 bits per heavy atom. The van der Waals surface area contributed by atoms with Crippen LogP contribution in [0.25, 0.3) is 0 Å². The van der Waals surface area contributed by atoms with Gasteiger partial charge in [-0.2, -0.15) is 0 Å². The SMILES string of the molecule is C[C@H]1CN(C(=O)c2ccc(Br)c(I)c2)CCO1. The molecule has 1 saturated heterocycles. The Bertz CT molecular complexity index is 439. The first kappa shape index (κ1) is 13.3. The van der Waals surface area contributed by atoms with E-state index in [9.17, 15) is 4.79 Å². The van der Waals surface area contributed by atoms with Crippen LogP contribution in [0.3, 0.4) is 0 Å². The molecule has 1 amide bonds. The normalized spacial score (nSPS) is 20.4. The number of carbonyl (C=O) groups is 1. The summed E-state index contributed by atoms with van der Waals surface area (Å²) in [6, 6.07) is 5.68. The molecule has 1 atom stereocenters. The third kappa shape index (κ3) is 3.20. The van der Waals surface area contributed by atoms with Crippen LogP contribution in [0.15, 0.2) is 22.7 Å². The molecule has 0 aliphatic carbocycles. The maximum absolute atomic E-state index is 12.3. The zero-order valence-corrected chi connectivity index (χ0v) is 13.2. The summed E-state index contributed by atoms with van der Waals surface area (Å²) in [7, 11) is 0. The molecule has 0 bridgehead atoms. The van der Waals surface area contributed by atoms with Gasteiger partial charge >= 0.3 is 0 Å². The van der Waals surface area contributed by atoms with Gasteiger partial charge in [0.25, 0.3) is 5.91 Å². The first-order valence-corrected chi connectivity index (χ1v) is 7.31. The Morgan fingerprint density at radius 2 is 2.35 bits per heavy atom. The van der Waals surface area contributed by atoms with E-state index in [1.54, 1.807) is 0 Å². The first-order valence-electron chi connectivity index (χ1n) is 5.44. The summed E-state index contributed by atoms with van der Waals surface area (Å²) in [4.78, 5) is 14.1. The molecule has 0 N–H and O–H groups in total. The molecule has 0 saturated carbocycles. The number of halogens is 2. The highest BCUT2D eigenvalue weighted by atomic mass is 127. The minimum Gasteiger partial charge on any atom is -0.375 e. The van der Waals surface area contributed by atoms with E-state index in [1.807, 2.05) is 30.0 Å². The molecule has 5 heteroatoms. The molecule has 0 aromatic heterocycles. The van der Waals surface area contributed by atoms with E-state index in [0.29, 0.717) is 19.7 Å². The van der Waals surface area contributed by atoms with E-state index >= 15 is 0 Å². The lowest BCUT2D eigenvalue weighted by molar-refractivity contribution is -0.0124. The Morgan fingerprint density at radius 1 is 1.59 bits per heavy atom. The second-order valence-electron chi connectivity index (χ2n) is 4.06. The minimum atomic E-state index is 0.0885. The molecular weight excluding hydrogens is 397 g/mol. The molecule has 1 aliphatic rings.